The molecule has 1 aromatic rings. The minimum absolute atomic E-state index is 0.157. The zero-order valence-electron chi connectivity index (χ0n) is 5.78. The van der Waals surface area contributed by atoms with Crippen molar-refractivity contribution in [3.63, 3.8) is 0 Å². The largest absolute Gasteiger partial charge is 0.481 e. The second-order valence-corrected chi connectivity index (χ2v) is 2.35. The molecule has 0 aromatic carbocycles. The van der Waals surface area contributed by atoms with Crippen LogP contribution in [0.2, 0.25) is 5.28 Å². The lowest BCUT2D eigenvalue weighted by Gasteiger charge is -1.94. The fourth-order valence-corrected chi connectivity index (χ4v) is 0.764. The van der Waals surface area contributed by atoms with Crippen LogP contribution in [0.15, 0.2) is 0 Å². The van der Waals surface area contributed by atoms with Crippen molar-refractivity contribution in [3.8, 4) is 0 Å². The monoisotopic (exact) mass is 175 g/mol. The van der Waals surface area contributed by atoms with Crippen molar-refractivity contribution in [1.82, 2.24) is 14.8 Å². The highest BCUT2D eigenvalue weighted by Gasteiger charge is 2.09. The molecule has 1 heterocycles. The van der Waals surface area contributed by atoms with Gasteiger partial charge >= 0.3 is 5.97 Å². The highest BCUT2D eigenvalue weighted by Crippen LogP contribution is 2.04. The predicted molar refractivity (Wildman–Crippen MR) is 37.4 cm³/mol. The molecule has 60 valence electrons. The fraction of sp³-hybridized carbons (Fsp3) is 0.400. The molecule has 0 spiro atoms. The van der Waals surface area contributed by atoms with Crippen LogP contribution in [-0.2, 0) is 18.3 Å². The molecule has 0 aliphatic rings. The quantitative estimate of drug-likeness (QED) is 0.692. The van der Waals surface area contributed by atoms with E-state index in [1.807, 2.05) is 0 Å². The normalized spacial score (nSPS) is 10.0. The SMILES string of the molecule is Cn1c(Cl)nnc1CC(=O)O. The molecule has 0 bridgehead atoms. The number of aromatic nitrogens is 3. The summed E-state index contributed by atoms with van der Waals surface area (Å²) in [5, 5.41) is 15.6. The Kier molecular flexibility index (Phi) is 2.09. The summed E-state index contributed by atoms with van der Waals surface area (Å²) in [4.78, 5) is 10.2. The molecular weight excluding hydrogens is 170 g/mol. The number of hydrogen-bond acceptors (Lipinski definition) is 3. The van der Waals surface area contributed by atoms with Gasteiger partial charge in [0.05, 0.1) is 0 Å². The second-order valence-electron chi connectivity index (χ2n) is 2.01. The maximum Gasteiger partial charge on any atom is 0.311 e. The van der Waals surface area contributed by atoms with E-state index in [0.717, 1.165) is 0 Å². The lowest BCUT2D eigenvalue weighted by atomic mass is 10.4. The van der Waals surface area contributed by atoms with Gasteiger partial charge in [-0.05, 0) is 11.6 Å². The Bertz CT molecular complexity index is 283. The first kappa shape index (κ1) is 8.00. The summed E-state index contributed by atoms with van der Waals surface area (Å²) < 4.78 is 1.43. The molecule has 5 nitrogen and oxygen atoms in total. The Labute approximate surface area is 67.6 Å². The minimum Gasteiger partial charge on any atom is -0.481 e. The van der Waals surface area contributed by atoms with Crippen molar-refractivity contribution in [2.45, 2.75) is 6.42 Å². The van der Waals surface area contributed by atoms with Crippen LogP contribution >= 0.6 is 11.6 Å². The first-order chi connectivity index (χ1) is 5.11. The van der Waals surface area contributed by atoms with E-state index in [0.29, 0.717) is 5.82 Å². The molecule has 1 rings (SSSR count). The Morgan fingerprint density at radius 2 is 2.36 bits per heavy atom. The highest BCUT2D eigenvalue weighted by molar-refractivity contribution is 6.28. The maximum absolute atomic E-state index is 10.2. The Hall–Kier alpha value is -1.10. The molecule has 6 heteroatoms. The van der Waals surface area contributed by atoms with Gasteiger partial charge in [-0.15, -0.1) is 10.2 Å². The molecule has 0 radical (unpaired) electrons. The second kappa shape index (κ2) is 2.87. The van der Waals surface area contributed by atoms with Crippen molar-refractivity contribution in [2.75, 3.05) is 0 Å². The number of halogens is 1. The zero-order chi connectivity index (χ0) is 8.43. The topological polar surface area (TPSA) is 68.0 Å². The van der Waals surface area contributed by atoms with Crippen molar-refractivity contribution in [1.29, 1.82) is 0 Å². The third-order valence-corrected chi connectivity index (χ3v) is 1.55. The van der Waals surface area contributed by atoms with Crippen LogP contribution in [0.25, 0.3) is 0 Å². The van der Waals surface area contributed by atoms with E-state index in [1.165, 1.54) is 4.57 Å². The fourth-order valence-electron chi connectivity index (χ4n) is 0.629. The van der Waals surface area contributed by atoms with Gasteiger partial charge in [0, 0.05) is 7.05 Å². The van der Waals surface area contributed by atoms with E-state index < -0.39 is 5.97 Å². The third-order valence-electron chi connectivity index (χ3n) is 1.22. The van der Waals surface area contributed by atoms with Gasteiger partial charge in [0.25, 0.3) is 0 Å². The van der Waals surface area contributed by atoms with Gasteiger partial charge < -0.3 is 9.67 Å². The number of rotatable bonds is 2. The molecule has 0 fully saturated rings. The third kappa shape index (κ3) is 1.68. The van der Waals surface area contributed by atoms with E-state index in [4.69, 9.17) is 16.7 Å². The van der Waals surface area contributed by atoms with Crippen molar-refractivity contribution in [2.24, 2.45) is 7.05 Å². The van der Waals surface area contributed by atoms with Crippen LogP contribution in [0.5, 0.6) is 0 Å². The van der Waals surface area contributed by atoms with Crippen molar-refractivity contribution < 1.29 is 9.90 Å². The molecule has 0 atom stereocenters. The van der Waals surface area contributed by atoms with E-state index >= 15 is 0 Å². The smallest absolute Gasteiger partial charge is 0.311 e. The number of nitrogens with zero attached hydrogens (tertiary/aromatic N) is 3. The van der Waals surface area contributed by atoms with Crippen molar-refractivity contribution in [3.05, 3.63) is 11.1 Å². The van der Waals surface area contributed by atoms with E-state index in [-0.39, 0.29) is 11.7 Å². The van der Waals surface area contributed by atoms with Crippen LogP contribution in [-0.4, -0.2) is 25.8 Å². The molecular formula is C5H6ClN3O2. The van der Waals surface area contributed by atoms with Crippen LogP contribution in [0.1, 0.15) is 5.82 Å². The summed E-state index contributed by atoms with van der Waals surface area (Å²) in [6, 6.07) is 0. The van der Waals surface area contributed by atoms with E-state index in [2.05, 4.69) is 10.2 Å². The summed E-state index contributed by atoms with van der Waals surface area (Å²) in [5.41, 5.74) is 0. The summed E-state index contributed by atoms with van der Waals surface area (Å²) in [5.74, 6) is -0.598. The van der Waals surface area contributed by atoms with Crippen LogP contribution in [0.4, 0.5) is 0 Å². The summed E-state index contributed by atoms with van der Waals surface area (Å²) in [7, 11) is 1.61. The Balaban J connectivity index is 2.87. The molecule has 0 saturated heterocycles. The molecule has 0 aliphatic carbocycles. The van der Waals surface area contributed by atoms with Gasteiger partial charge in [-0.2, -0.15) is 0 Å². The maximum atomic E-state index is 10.2. The number of hydrogen-bond donors (Lipinski definition) is 1. The number of carboxylic acids is 1. The lowest BCUT2D eigenvalue weighted by molar-refractivity contribution is -0.136. The van der Waals surface area contributed by atoms with Gasteiger partial charge in [-0.25, -0.2) is 0 Å². The Morgan fingerprint density at radius 1 is 1.73 bits per heavy atom. The molecule has 11 heavy (non-hydrogen) atoms. The first-order valence-electron chi connectivity index (χ1n) is 2.87. The summed E-state index contributed by atoms with van der Waals surface area (Å²) >= 11 is 5.51. The van der Waals surface area contributed by atoms with Gasteiger partial charge in [-0.3, -0.25) is 4.79 Å². The summed E-state index contributed by atoms with van der Waals surface area (Å²) in [6.07, 6.45) is -0.157. The van der Waals surface area contributed by atoms with Crippen molar-refractivity contribution >= 4 is 17.6 Å². The van der Waals surface area contributed by atoms with Gasteiger partial charge in [-0.1, -0.05) is 0 Å². The van der Waals surface area contributed by atoms with E-state index in [1.54, 1.807) is 7.05 Å². The zero-order valence-corrected chi connectivity index (χ0v) is 6.54. The molecule has 0 unspecified atom stereocenters. The molecule has 1 aromatic heterocycles. The average Bonchev–Trinajstić information content (AvgIpc) is 2.18. The molecule has 0 saturated carbocycles. The average molecular weight is 176 g/mol. The van der Waals surface area contributed by atoms with Crippen LogP contribution in [0, 0.1) is 0 Å². The number of aliphatic carboxylic acids is 1. The van der Waals surface area contributed by atoms with Crippen LogP contribution < -0.4 is 0 Å². The standard InChI is InChI=1S/C5H6ClN3O2/c1-9-3(2-4(10)11)7-8-5(9)6/h2H2,1H3,(H,10,11). The number of carbonyl (C=O) groups is 1. The first-order valence-corrected chi connectivity index (χ1v) is 3.24. The van der Waals surface area contributed by atoms with Gasteiger partial charge in [0.15, 0.2) is 0 Å². The lowest BCUT2D eigenvalue weighted by Crippen LogP contribution is -2.06. The van der Waals surface area contributed by atoms with Gasteiger partial charge in [0.1, 0.15) is 12.2 Å². The predicted octanol–water partition coefficient (Wildman–Crippen LogP) is 0.0956. The summed E-state index contributed by atoms with van der Waals surface area (Å²) in [6.45, 7) is 0. The minimum atomic E-state index is -0.947. The van der Waals surface area contributed by atoms with Crippen LogP contribution in [0.3, 0.4) is 0 Å². The van der Waals surface area contributed by atoms with E-state index in [9.17, 15) is 4.79 Å². The Morgan fingerprint density at radius 3 is 2.73 bits per heavy atom. The molecule has 0 aliphatic heterocycles. The highest BCUT2D eigenvalue weighted by atomic mass is 35.5. The number of carboxylic acid groups (broad SMARTS) is 1. The van der Waals surface area contributed by atoms with Gasteiger partial charge in [0.2, 0.25) is 5.28 Å². The molecule has 0 amide bonds. The molecule has 1 N–H and O–H groups in total.